The van der Waals surface area contributed by atoms with E-state index in [2.05, 4.69) is 15.9 Å². The fourth-order valence-corrected chi connectivity index (χ4v) is 3.93. The number of halogens is 4. The molecule has 1 atom stereocenters. The molecule has 0 saturated carbocycles. The molecule has 2 rings (SSSR count). The van der Waals surface area contributed by atoms with Crippen molar-refractivity contribution in [2.45, 2.75) is 12.3 Å². The normalized spacial score (nSPS) is 12.8. The van der Waals surface area contributed by atoms with E-state index in [0.29, 0.717) is 5.02 Å². The number of alkyl halides is 1. The van der Waals surface area contributed by atoms with E-state index in [1.807, 2.05) is 31.2 Å². The molecular formula is C12H8BrCl3S. The number of thiophene rings is 1. The van der Waals surface area contributed by atoms with Gasteiger partial charge in [0.15, 0.2) is 0 Å². The van der Waals surface area contributed by atoms with Gasteiger partial charge in [-0.3, -0.25) is 0 Å². The first kappa shape index (κ1) is 13.7. The van der Waals surface area contributed by atoms with Gasteiger partial charge in [-0.25, -0.2) is 0 Å². The molecule has 0 spiro atoms. The number of aryl methyl sites for hydroxylation is 1. The fourth-order valence-electron chi connectivity index (χ4n) is 1.49. The lowest BCUT2D eigenvalue weighted by molar-refractivity contribution is 1.18. The van der Waals surface area contributed by atoms with Gasteiger partial charge in [0.2, 0.25) is 0 Å². The topological polar surface area (TPSA) is 0 Å². The van der Waals surface area contributed by atoms with Crippen molar-refractivity contribution in [3.05, 3.63) is 54.1 Å². The minimum atomic E-state index is -0.221. The summed E-state index contributed by atoms with van der Waals surface area (Å²) in [6.07, 6.45) is 0. The van der Waals surface area contributed by atoms with E-state index < -0.39 is 0 Å². The van der Waals surface area contributed by atoms with Crippen LogP contribution in [0.1, 0.15) is 21.4 Å². The first-order valence-corrected chi connectivity index (χ1v) is 7.63. The summed E-state index contributed by atoms with van der Waals surface area (Å²) >= 11 is 23.4. The van der Waals surface area contributed by atoms with Gasteiger partial charge >= 0.3 is 0 Å². The van der Waals surface area contributed by atoms with Crippen molar-refractivity contribution in [3.8, 4) is 0 Å². The molecule has 1 aromatic heterocycles. The summed E-state index contributed by atoms with van der Waals surface area (Å²) in [6, 6.07) is 7.68. The van der Waals surface area contributed by atoms with E-state index >= 15 is 0 Å². The van der Waals surface area contributed by atoms with Crippen molar-refractivity contribution in [3.63, 3.8) is 0 Å². The second kappa shape index (κ2) is 5.50. The third kappa shape index (κ3) is 3.18. The largest absolute Gasteiger partial charge is 0.126 e. The maximum absolute atomic E-state index is 6.43. The van der Waals surface area contributed by atoms with Crippen molar-refractivity contribution in [1.82, 2.24) is 0 Å². The molecule has 0 aliphatic heterocycles. The molecular weight excluding hydrogens is 362 g/mol. The highest BCUT2D eigenvalue weighted by atomic mass is 79.9. The van der Waals surface area contributed by atoms with Crippen LogP contribution in [0.2, 0.25) is 9.36 Å². The van der Waals surface area contributed by atoms with Gasteiger partial charge in [-0.15, -0.1) is 22.9 Å². The Morgan fingerprint density at radius 2 is 1.88 bits per heavy atom. The van der Waals surface area contributed by atoms with Crippen molar-refractivity contribution in [2.75, 3.05) is 0 Å². The summed E-state index contributed by atoms with van der Waals surface area (Å²) in [6.45, 7) is 1.97. The maximum atomic E-state index is 6.43. The van der Waals surface area contributed by atoms with Crippen LogP contribution in [0.5, 0.6) is 0 Å². The summed E-state index contributed by atoms with van der Waals surface area (Å²) in [5.74, 6) is 0. The molecule has 1 aromatic carbocycles. The lowest BCUT2D eigenvalue weighted by Gasteiger charge is -2.08. The van der Waals surface area contributed by atoms with E-state index in [0.717, 1.165) is 24.8 Å². The van der Waals surface area contributed by atoms with Gasteiger partial charge in [0.25, 0.3) is 0 Å². The molecule has 0 N–H and O–H groups in total. The van der Waals surface area contributed by atoms with E-state index in [9.17, 15) is 0 Å². The highest BCUT2D eigenvalue weighted by molar-refractivity contribution is 9.10. The van der Waals surface area contributed by atoms with Crippen LogP contribution >= 0.6 is 62.1 Å². The fraction of sp³-hybridized carbons (Fsp3) is 0.167. The monoisotopic (exact) mass is 368 g/mol. The zero-order valence-electron chi connectivity index (χ0n) is 8.81. The molecule has 0 saturated heterocycles. The first-order chi connectivity index (χ1) is 7.97. The molecule has 90 valence electrons. The summed E-state index contributed by atoms with van der Waals surface area (Å²) in [5.41, 5.74) is 2.02. The average molecular weight is 371 g/mol. The van der Waals surface area contributed by atoms with Gasteiger partial charge in [0.05, 0.1) is 9.71 Å². The molecule has 0 aliphatic rings. The predicted molar refractivity (Wildman–Crippen MR) is 80.9 cm³/mol. The van der Waals surface area contributed by atoms with Crippen LogP contribution in [-0.4, -0.2) is 0 Å². The van der Waals surface area contributed by atoms with E-state index in [1.54, 1.807) is 0 Å². The van der Waals surface area contributed by atoms with Crippen molar-refractivity contribution < 1.29 is 0 Å². The standard InChI is InChI=1S/C12H8BrCl3S/c1-6-2-10(17-12(6)16)11(15)7-3-8(13)5-9(14)4-7/h2-5,11H,1H3. The number of hydrogen-bond acceptors (Lipinski definition) is 1. The Morgan fingerprint density at radius 3 is 2.41 bits per heavy atom. The van der Waals surface area contributed by atoms with Crippen LogP contribution in [0.4, 0.5) is 0 Å². The summed E-state index contributed by atoms with van der Waals surface area (Å²) < 4.78 is 1.71. The van der Waals surface area contributed by atoms with Gasteiger partial charge in [-0.05, 0) is 42.3 Å². The SMILES string of the molecule is Cc1cc(C(Cl)c2cc(Cl)cc(Br)c2)sc1Cl. The Kier molecular flexibility index (Phi) is 4.43. The molecule has 0 nitrogen and oxygen atoms in total. The van der Waals surface area contributed by atoms with E-state index in [-0.39, 0.29) is 5.38 Å². The van der Waals surface area contributed by atoms with Crippen molar-refractivity contribution in [1.29, 1.82) is 0 Å². The quantitative estimate of drug-likeness (QED) is 0.533. The Balaban J connectivity index is 2.39. The van der Waals surface area contributed by atoms with Gasteiger partial charge in [0, 0.05) is 14.4 Å². The lowest BCUT2D eigenvalue weighted by Crippen LogP contribution is -1.90. The summed E-state index contributed by atoms with van der Waals surface area (Å²) in [5, 5.41) is 0.445. The number of rotatable bonds is 2. The molecule has 0 fully saturated rings. The average Bonchev–Trinajstić information content (AvgIpc) is 2.57. The number of hydrogen-bond donors (Lipinski definition) is 0. The molecule has 0 bridgehead atoms. The third-order valence-electron chi connectivity index (χ3n) is 2.30. The van der Waals surface area contributed by atoms with Crippen LogP contribution < -0.4 is 0 Å². The van der Waals surface area contributed by atoms with Gasteiger partial charge in [-0.1, -0.05) is 39.1 Å². The van der Waals surface area contributed by atoms with Gasteiger partial charge in [-0.2, -0.15) is 0 Å². The maximum Gasteiger partial charge on any atom is 0.0960 e. The number of benzene rings is 1. The van der Waals surface area contributed by atoms with Gasteiger partial charge in [0.1, 0.15) is 0 Å². The molecule has 0 radical (unpaired) electrons. The Bertz CT molecular complexity index is 511. The minimum Gasteiger partial charge on any atom is -0.126 e. The highest BCUT2D eigenvalue weighted by Gasteiger charge is 2.15. The van der Waals surface area contributed by atoms with Gasteiger partial charge < -0.3 is 0 Å². The Labute approximate surface area is 128 Å². The molecule has 1 unspecified atom stereocenters. The zero-order valence-corrected chi connectivity index (χ0v) is 13.5. The Morgan fingerprint density at radius 1 is 1.18 bits per heavy atom. The molecule has 17 heavy (non-hydrogen) atoms. The van der Waals surface area contributed by atoms with Crippen molar-refractivity contribution >= 4 is 62.1 Å². The second-order valence-corrected chi connectivity index (χ2v) is 7.15. The minimum absolute atomic E-state index is 0.221. The van der Waals surface area contributed by atoms with Crippen LogP contribution in [-0.2, 0) is 0 Å². The molecule has 0 amide bonds. The second-order valence-electron chi connectivity index (χ2n) is 3.67. The summed E-state index contributed by atoms with van der Waals surface area (Å²) in [7, 11) is 0. The third-order valence-corrected chi connectivity index (χ3v) is 5.22. The Hall–Kier alpha value is 0.270. The predicted octanol–water partition coefficient (Wildman–Crippen LogP) is 6.45. The van der Waals surface area contributed by atoms with Crippen LogP contribution in [0.3, 0.4) is 0 Å². The van der Waals surface area contributed by atoms with E-state index in [1.165, 1.54) is 11.3 Å². The van der Waals surface area contributed by atoms with Crippen molar-refractivity contribution in [2.24, 2.45) is 0 Å². The molecule has 2 aromatic rings. The van der Waals surface area contributed by atoms with Crippen LogP contribution in [0.15, 0.2) is 28.7 Å². The highest BCUT2D eigenvalue weighted by Crippen LogP contribution is 2.39. The smallest absolute Gasteiger partial charge is 0.0960 e. The van der Waals surface area contributed by atoms with E-state index in [4.69, 9.17) is 34.8 Å². The zero-order chi connectivity index (χ0) is 12.6. The van der Waals surface area contributed by atoms with Crippen LogP contribution in [0, 0.1) is 6.92 Å². The molecule has 5 heteroatoms. The lowest BCUT2D eigenvalue weighted by atomic mass is 10.1. The molecule has 1 heterocycles. The van der Waals surface area contributed by atoms with Crippen LogP contribution in [0.25, 0.3) is 0 Å². The summed E-state index contributed by atoms with van der Waals surface area (Å²) in [4.78, 5) is 1.03. The molecule has 0 aliphatic carbocycles. The first-order valence-electron chi connectivity index (χ1n) is 4.83.